The second kappa shape index (κ2) is 9.44. The zero-order valence-electron chi connectivity index (χ0n) is 13.4. The van der Waals surface area contributed by atoms with Crippen molar-refractivity contribution in [1.82, 2.24) is 15.6 Å². The van der Waals surface area contributed by atoms with Gasteiger partial charge in [0.05, 0.1) is 0 Å². The van der Waals surface area contributed by atoms with Crippen LogP contribution in [-0.4, -0.2) is 36.0 Å². The van der Waals surface area contributed by atoms with Gasteiger partial charge in [-0.15, -0.1) is 0 Å². The van der Waals surface area contributed by atoms with E-state index in [0.717, 1.165) is 19.3 Å². The van der Waals surface area contributed by atoms with Crippen LogP contribution < -0.4 is 10.6 Å². The molecule has 0 saturated heterocycles. The molecule has 24 heavy (non-hydrogen) atoms. The Morgan fingerprint density at radius 3 is 2.79 bits per heavy atom. The Morgan fingerprint density at radius 2 is 2.08 bits per heavy atom. The molecule has 1 heterocycles. The summed E-state index contributed by atoms with van der Waals surface area (Å²) in [6.07, 6.45) is 9.04. The van der Waals surface area contributed by atoms with Crippen molar-refractivity contribution in [2.24, 2.45) is 0 Å². The third-order valence-corrected chi connectivity index (χ3v) is 3.58. The van der Waals surface area contributed by atoms with Crippen molar-refractivity contribution in [3.05, 3.63) is 41.7 Å². The number of esters is 1. The summed E-state index contributed by atoms with van der Waals surface area (Å²) in [7, 11) is 0. The smallest absolute Gasteiger partial charge is 0.357 e. The summed E-state index contributed by atoms with van der Waals surface area (Å²) >= 11 is 0. The fourth-order valence-corrected chi connectivity index (χ4v) is 2.36. The molecule has 2 N–H and O–H groups in total. The molecule has 1 aliphatic rings. The minimum atomic E-state index is -0.713. The van der Waals surface area contributed by atoms with Gasteiger partial charge >= 0.3 is 12.0 Å². The highest BCUT2D eigenvalue weighted by molar-refractivity contribution is 5.96. The third-order valence-electron chi connectivity index (χ3n) is 3.58. The summed E-state index contributed by atoms with van der Waals surface area (Å²) in [6.45, 7) is -0.0628. The number of ether oxygens (including phenoxy) is 1. The summed E-state index contributed by atoms with van der Waals surface area (Å²) in [4.78, 5) is 38.6. The van der Waals surface area contributed by atoms with E-state index in [2.05, 4.69) is 21.7 Å². The highest BCUT2D eigenvalue weighted by Crippen LogP contribution is 2.19. The van der Waals surface area contributed by atoms with Crippen molar-refractivity contribution in [3.63, 3.8) is 0 Å². The Hall–Kier alpha value is -2.70. The Bertz CT molecular complexity index is 614. The minimum Gasteiger partial charge on any atom is -0.451 e. The number of imide groups is 1. The second-order valence-electron chi connectivity index (χ2n) is 5.45. The molecule has 1 aliphatic carbocycles. The lowest BCUT2D eigenvalue weighted by atomic mass is 9.97. The van der Waals surface area contributed by atoms with Crippen LogP contribution in [0.2, 0.25) is 0 Å². The van der Waals surface area contributed by atoms with Gasteiger partial charge in [0, 0.05) is 12.7 Å². The molecular weight excluding hydrogens is 310 g/mol. The van der Waals surface area contributed by atoms with Gasteiger partial charge in [0.15, 0.2) is 6.61 Å². The van der Waals surface area contributed by atoms with Gasteiger partial charge in [0.1, 0.15) is 5.69 Å². The lowest BCUT2D eigenvalue weighted by molar-refractivity contribution is -0.123. The Labute approximate surface area is 140 Å². The van der Waals surface area contributed by atoms with Crippen molar-refractivity contribution in [1.29, 1.82) is 0 Å². The average molecular weight is 331 g/mol. The van der Waals surface area contributed by atoms with E-state index in [1.54, 1.807) is 12.1 Å². The molecule has 0 aromatic carbocycles. The lowest BCUT2D eigenvalue weighted by Crippen LogP contribution is -2.41. The first kappa shape index (κ1) is 17.7. The number of hydrogen-bond acceptors (Lipinski definition) is 5. The number of nitrogens with one attached hydrogen (secondary N) is 2. The van der Waals surface area contributed by atoms with Crippen molar-refractivity contribution in [2.45, 2.75) is 32.1 Å². The van der Waals surface area contributed by atoms with Gasteiger partial charge in [-0.3, -0.25) is 10.1 Å². The maximum absolute atomic E-state index is 11.6. The van der Waals surface area contributed by atoms with Crippen LogP contribution in [0.1, 0.15) is 42.6 Å². The van der Waals surface area contributed by atoms with Gasteiger partial charge in [-0.25, -0.2) is 14.6 Å². The molecule has 0 unspecified atom stereocenters. The van der Waals surface area contributed by atoms with Crippen LogP contribution in [-0.2, 0) is 9.53 Å². The number of nitrogens with zero attached hydrogens (tertiary/aromatic N) is 1. The van der Waals surface area contributed by atoms with E-state index in [1.165, 1.54) is 30.7 Å². The number of pyridine rings is 1. The molecule has 0 saturated carbocycles. The second-order valence-corrected chi connectivity index (χ2v) is 5.45. The van der Waals surface area contributed by atoms with Crippen molar-refractivity contribution < 1.29 is 19.1 Å². The molecule has 7 heteroatoms. The summed E-state index contributed by atoms with van der Waals surface area (Å²) < 4.78 is 4.79. The molecule has 0 aliphatic heterocycles. The number of allylic oxidation sites excluding steroid dienone is 1. The molecule has 2 rings (SSSR count). The summed E-state index contributed by atoms with van der Waals surface area (Å²) in [6, 6.07) is 4.19. The Balaban J connectivity index is 1.62. The van der Waals surface area contributed by atoms with Crippen molar-refractivity contribution >= 4 is 17.9 Å². The SMILES string of the molecule is O=C(COC(=O)c1ccccn1)NC(=O)NCCC1=CCCCC1. The minimum absolute atomic E-state index is 0.107. The number of amides is 3. The first-order valence-electron chi connectivity index (χ1n) is 7.99. The number of aromatic nitrogens is 1. The van der Waals surface area contributed by atoms with E-state index >= 15 is 0 Å². The zero-order valence-corrected chi connectivity index (χ0v) is 13.4. The largest absolute Gasteiger partial charge is 0.451 e. The third kappa shape index (κ3) is 6.20. The van der Waals surface area contributed by atoms with Gasteiger partial charge in [-0.1, -0.05) is 17.7 Å². The first-order chi connectivity index (χ1) is 11.6. The fraction of sp³-hybridized carbons (Fsp3) is 0.412. The number of rotatable bonds is 6. The normalized spacial score (nSPS) is 13.6. The fourth-order valence-electron chi connectivity index (χ4n) is 2.36. The van der Waals surface area contributed by atoms with E-state index in [0.29, 0.717) is 6.54 Å². The standard InChI is InChI=1S/C17H21N3O4/c21-15(12-24-16(22)14-8-4-5-10-18-14)20-17(23)19-11-9-13-6-2-1-3-7-13/h4-6,8,10H,1-3,7,9,11-12H2,(H2,19,20,21,23). The predicted molar refractivity (Wildman–Crippen MR) is 87.2 cm³/mol. The monoisotopic (exact) mass is 331 g/mol. The van der Waals surface area contributed by atoms with Crippen LogP contribution in [0.5, 0.6) is 0 Å². The summed E-state index contributed by atoms with van der Waals surface area (Å²) in [5.41, 5.74) is 1.45. The summed E-state index contributed by atoms with van der Waals surface area (Å²) in [5, 5.41) is 4.73. The van der Waals surface area contributed by atoms with E-state index in [9.17, 15) is 14.4 Å². The maximum atomic E-state index is 11.6. The van der Waals surface area contributed by atoms with Crippen LogP contribution >= 0.6 is 0 Å². The number of urea groups is 1. The van der Waals surface area contributed by atoms with Gasteiger partial charge in [0.25, 0.3) is 5.91 Å². The van der Waals surface area contributed by atoms with Gasteiger partial charge < -0.3 is 10.1 Å². The number of hydrogen-bond donors (Lipinski definition) is 2. The molecule has 3 amide bonds. The topological polar surface area (TPSA) is 97.4 Å². The van der Waals surface area contributed by atoms with Crippen LogP contribution in [0.25, 0.3) is 0 Å². The quantitative estimate of drug-likeness (QED) is 0.613. The van der Waals surface area contributed by atoms with E-state index in [4.69, 9.17) is 4.74 Å². The van der Waals surface area contributed by atoms with Crippen LogP contribution in [0.15, 0.2) is 36.0 Å². The molecule has 0 spiro atoms. The van der Waals surface area contributed by atoms with Gasteiger partial charge in [-0.05, 0) is 44.2 Å². The van der Waals surface area contributed by atoms with Gasteiger partial charge in [0.2, 0.25) is 0 Å². The molecular formula is C17H21N3O4. The molecule has 1 aromatic heterocycles. The molecule has 0 fully saturated rings. The Kier molecular flexibility index (Phi) is 6.94. The first-order valence-corrected chi connectivity index (χ1v) is 7.99. The molecule has 0 bridgehead atoms. The predicted octanol–water partition coefficient (Wildman–Crippen LogP) is 1.95. The number of carbonyl (C=O) groups is 3. The van der Waals surface area contributed by atoms with E-state index < -0.39 is 24.5 Å². The van der Waals surface area contributed by atoms with Crippen LogP contribution in [0, 0.1) is 0 Å². The average Bonchev–Trinajstić information content (AvgIpc) is 2.61. The molecule has 0 radical (unpaired) electrons. The molecule has 7 nitrogen and oxygen atoms in total. The van der Waals surface area contributed by atoms with Crippen molar-refractivity contribution in [3.8, 4) is 0 Å². The summed E-state index contributed by atoms with van der Waals surface area (Å²) in [5.74, 6) is -1.40. The molecule has 0 atom stereocenters. The zero-order chi connectivity index (χ0) is 17.2. The van der Waals surface area contributed by atoms with Crippen LogP contribution in [0.3, 0.4) is 0 Å². The van der Waals surface area contributed by atoms with E-state index in [1.807, 2.05) is 0 Å². The molecule has 1 aromatic rings. The van der Waals surface area contributed by atoms with Gasteiger partial charge in [-0.2, -0.15) is 0 Å². The lowest BCUT2D eigenvalue weighted by Gasteiger charge is -2.13. The van der Waals surface area contributed by atoms with E-state index in [-0.39, 0.29) is 5.69 Å². The highest BCUT2D eigenvalue weighted by atomic mass is 16.5. The molecule has 128 valence electrons. The van der Waals surface area contributed by atoms with Crippen LogP contribution in [0.4, 0.5) is 4.79 Å². The van der Waals surface area contributed by atoms with Crippen molar-refractivity contribution in [2.75, 3.05) is 13.2 Å². The highest BCUT2D eigenvalue weighted by Gasteiger charge is 2.13. The number of carbonyl (C=O) groups excluding carboxylic acids is 3. The Morgan fingerprint density at radius 1 is 1.21 bits per heavy atom. The maximum Gasteiger partial charge on any atom is 0.357 e.